The van der Waals surface area contributed by atoms with Crippen LogP contribution in [0.15, 0.2) is 0 Å². The fraction of sp³-hybridized carbons (Fsp3) is 0.846. The van der Waals surface area contributed by atoms with E-state index in [0.29, 0.717) is 18.4 Å². The van der Waals surface area contributed by atoms with Crippen LogP contribution in [0.4, 0.5) is 4.79 Å². The van der Waals surface area contributed by atoms with Crippen LogP contribution in [0.5, 0.6) is 0 Å². The van der Waals surface area contributed by atoms with Crippen molar-refractivity contribution in [1.29, 1.82) is 0 Å². The SMILES string of the molecule is CC(C1CC1)N(C)C(=O)N(CC(=O)O)CC1CC1. The molecule has 1 N–H and O–H groups in total. The monoisotopic (exact) mass is 254 g/mol. The van der Waals surface area contributed by atoms with Gasteiger partial charge in [0.05, 0.1) is 0 Å². The lowest BCUT2D eigenvalue weighted by Gasteiger charge is -2.31. The molecule has 0 aromatic carbocycles. The first kappa shape index (κ1) is 13.2. The molecule has 2 saturated carbocycles. The molecule has 0 heterocycles. The molecule has 2 aliphatic rings. The van der Waals surface area contributed by atoms with Crippen LogP contribution in [-0.2, 0) is 4.79 Å². The van der Waals surface area contributed by atoms with Crippen molar-refractivity contribution < 1.29 is 14.7 Å². The zero-order valence-electron chi connectivity index (χ0n) is 11.1. The third kappa shape index (κ3) is 3.37. The van der Waals surface area contributed by atoms with Crippen LogP contribution in [0.1, 0.15) is 32.6 Å². The molecular weight excluding hydrogens is 232 g/mol. The number of carboxylic acids is 1. The number of urea groups is 1. The third-order valence-electron chi connectivity index (χ3n) is 3.99. The summed E-state index contributed by atoms with van der Waals surface area (Å²) >= 11 is 0. The van der Waals surface area contributed by atoms with E-state index in [1.807, 2.05) is 6.92 Å². The summed E-state index contributed by atoms with van der Waals surface area (Å²) in [6, 6.07) is 0.0803. The summed E-state index contributed by atoms with van der Waals surface area (Å²) < 4.78 is 0. The summed E-state index contributed by atoms with van der Waals surface area (Å²) in [7, 11) is 1.78. The van der Waals surface area contributed by atoms with Gasteiger partial charge in [-0.1, -0.05) is 0 Å². The minimum Gasteiger partial charge on any atom is -0.480 e. The minimum absolute atomic E-state index is 0.135. The van der Waals surface area contributed by atoms with Gasteiger partial charge in [0.25, 0.3) is 0 Å². The van der Waals surface area contributed by atoms with Crippen LogP contribution >= 0.6 is 0 Å². The Morgan fingerprint density at radius 3 is 2.33 bits per heavy atom. The van der Waals surface area contributed by atoms with Crippen LogP contribution in [0, 0.1) is 11.8 Å². The second kappa shape index (κ2) is 5.16. The molecule has 5 heteroatoms. The number of rotatable bonds is 6. The Labute approximate surface area is 108 Å². The Kier molecular flexibility index (Phi) is 3.78. The van der Waals surface area contributed by atoms with E-state index in [-0.39, 0.29) is 18.6 Å². The van der Waals surface area contributed by atoms with Gasteiger partial charge in [-0.2, -0.15) is 0 Å². The highest BCUT2D eigenvalue weighted by atomic mass is 16.4. The fourth-order valence-electron chi connectivity index (χ4n) is 2.28. The van der Waals surface area contributed by atoms with Gasteiger partial charge in [0, 0.05) is 19.6 Å². The van der Waals surface area contributed by atoms with Crippen LogP contribution in [0.25, 0.3) is 0 Å². The highest BCUT2D eigenvalue weighted by Crippen LogP contribution is 2.35. The molecule has 18 heavy (non-hydrogen) atoms. The maximum Gasteiger partial charge on any atom is 0.323 e. The zero-order valence-corrected chi connectivity index (χ0v) is 11.1. The maximum atomic E-state index is 12.3. The van der Waals surface area contributed by atoms with Crippen molar-refractivity contribution in [2.24, 2.45) is 11.8 Å². The maximum absolute atomic E-state index is 12.3. The number of hydrogen-bond donors (Lipinski definition) is 1. The highest BCUT2D eigenvalue weighted by molar-refractivity contribution is 5.80. The van der Waals surface area contributed by atoms with Gasteiger partial charge < -0.3 is 14.9 Å². The van der Waals surface area contributed by atoms with E-state index >= 15 is 0 Å². The van der Waals surface area contributed by atoms with Gasteiger partial charge in [-0.25, -0.2) is 4.79 Å². The summed E-state index contributed by atoms with van der Waals surface area (Å²) in [6.07, 6.45) is 4.59. The van der Waals surface area contributed by atoms with Gasteiger partial charge in [-0.15, -0.1) is 0 Å². The molecule has 0 spiro atoms. The Bertz CT molecular complexity index is 337. The molecule has 0 aromatic rings. The first-order valence-corrected chi connectivity index (χ1v) is 6.72. The van der Waals surface area contributed by atoms with Crippen LogP contribution in [0.2, 0.25) is 0 Å². The Hall–Kier alpha value is -1.26. The first-order valence-electron chi connectivity index (χ1n) is 6.72. The molecule has 0 saturated heterocycles. The number of amides is 2. The Morgan fingerprint density at radius 1 is 1.28 bits per heavy atom. The van der Waals surface area contributed by atoms with E-state index < -0.39 is 5.97 Å². The first-order chi connectivity index (χ1) is 8.49. The zero-order chi connectivity index (χ0) is 13.3. The minimum atomic E-state index is -0.934. The van der Waals surface area contributed by atoms with E-state index in [4.69, 9.17) is 5.11 Å². The number of carbonyl (C=O) groups excluding carboxylic acids is 1. The number of aliphatic carboxylic acids is 1. The molecule has 2 rings (SSSR count). The predicted octanol–water partition coefficient (Wildman–Crippen LogP) is 1.63. The molecular formula is C13H22N2O3. The number of hydrogen-bond acceptors (Lipinski definition) is 2. The molecule has 0 radical (unpaired) electrons. The van der Waals surface area contributed by atoms with Gasteiger partial charge in [0.1, 0.15) is 6.54 Å². The van der Waals surface area contributed by atoms with Crippen molar-refractivity contribution >= 4 is 12.0 Å². The lowest BCUT2D eigenvalue weighted by molar-refractivity contribution is -0.137. The molecule has 1 unspecified atom stereocenters. The lowest BCUT2D eigenvalue weighted by atomic mass is 10.2. The highest BCUT2D eigenvalue weighted by Gasteiger charge is 2.35. The normalized spacial score (nSPS) is 20.3. The summed E-state index contributed by atoms with van der Waals surface area (Å²) in [5, 5.41) is 8.90. The summed E-state index contributed by atoms with van der Waals surface area (Å²) in [5.41, 5.74) is 0. The average Bonchev–Trinajstić information content (AvgIpc) is 3.14. The second-order valence-corrected chi connectivity index (χ2v) is 5.69. The van der Waals surface area contributed by atoms with Crippen LogP contribution < -0.4 is 0 Å². The number of carbonyl (C=O) groups is 2. The molecule has 5 nitrogen and oxygen atoms in total. The molecule has 2 amide bonds. The van der Waals surface area contributed by atoms with Gasteiger partial charge in [0.2, 0.25) is 0 Å². The van der Waals surface area contributed by atoms with Gasteiger partial charge >= 0.3 is 12.0 Å². The van der Waals surface area contributed by atoms with Gasteiger partial charge in [-0.05, 0) is 44.4 Å². The van der Waals surface area contributed by atoms with Crippen molar-refractivity contribution in [2.75, 3.05) is 20.1 Å². The van der Waals surface area contributed by atoms with E-state index in [0.717, 1.165) is 12.8 Å². The second-order valence-electron chi connectivity index (χ2n) is 5.69. The molecule has 0 aliphatic heterocycles. The third-order valence-corrected chi connectivity index (χ3v) is 3.99. The fourth-order valence-corrected chi connectivity index (χ4v) is 2.28. The number of nitrogens with zero attached hydrogens (tertiary/aromatic N) is 2. The number of carboxylic acid groups (broad SMARTS) is 1. The quantitative estimate of drug-likeness (QED) is 0.783. The van der Waals surface area contributed by atoms with Gasteiger partial charge in [0.15, 0.2) is 0 Å². The molecule has 0 aromatic heterocycles. The average molecular weight is 254 g/mol. The van der Waals surface area contributed by atoms with Crippen molar-refractivity contribution in [3.63, 3.8) is 0 Å². The van der Waals surface area contributed by atoms with E-state index in [2.05, 4.69) is 0 Å². The Balaban J connectivity index is 1.93. The topological polar surface area (TPSA) is 60.9 Å². The lowest BCUT2D eigenvalue weighted by Crippen LogP contribution is -2.48. The van der Waals surface area contributed by atoms with E-state index in [1.165, 1.54) is 17.7 Å². The largest absolute Gasteiger partial charge is 0.480 e. The van der Waals surface area contributed by atoms with Crippen molar-refractivity contribution in [2.45, 2.75) is 38.6 Å². The molecule has 2 aliphatic carbocycles. The molecule has 0 bridgehead atoms. The molecule has 102 valence electrons. The summed E-state index contributed by atoms with van der Waals surface area (Å²) in [5.74, 6) is 0.181. The Morgan fingerprint density at radius 2 is 1.89 bits per heavy atom. The standard InChI is InChI=1S/C13H22N2O3/c1-9(11-5-6-11)14(2)13(18)15(8-12(16)17)7-10-3-4-10/h9-11H,3-8H2,1-2H3,(H,16,17). The summed E-state index contributed by atoms with van der Waals surface area (Å²) in [4.78, 5) is 26.3. The predicted molar refractivity (Wildman–Crippen MR) is 67.3 cm³/mol. The van der Waals surface area contributed by atoms with E-state index in [9.17, 15) is 9.59 Å². The van der Waals surface area contributed by atoms with E-state index in [1.54, 1.807) is 11.9 Å². The van der Waals surface area contributed by atoms with Crippen LogP contribution in [-0.4, -0.2) is 53.1 Å². The van der Waals surface area contributed by atoms with Crippen molar-refractivity contribution in [3.8, 4) is 0 Å². The van der Waals surface area contributed by atoms with Crippen LogP contribution in [0.3, 0.4) is 0 Å². The molecule has 1 atom stereocenters. The van der Waals surface area contributed by atoms with Gasteiger partial charge in [-0.3, -0.25) is 4.79 Å². The smallest absolute Gasteiger partial charge is 0.323 e. The summed E-state index contributed by atoms with van der Waals surface area (Å²) in [6.45, 7) is 2.45. The van der Waals surface area contributed by atoms with Crippen molar-refractivity contribution in [1.82, 2.24) is 9.80 Å². The van der Waals surface area contributed by atoms with Crippen molar-refractivity contribution in [3.05, 3.63) is 0 Å². The molecule has 2 fully saturated rings.